The normalized spacial score (nSPS) is 15.2. The quantitative estimate of drug-likeness (QED) is 0.486. The lowest BCUT2D eigenvalue weighted by Crippen LogP contribution is -2.42. The summed E-state index contributed by atoms with van der Waals surface area (Å²) in [4.78, 5) is 16.7. The van der Waals surface area contributed by atoms with Crippen LogP contribution in [0.2, 0.25) is 0 Å². The minimum absolute atomic E-state index is 0.188. The molecule has 29 heavy (non-hydrogen) atoms. The Hall–Kier alpha value is -2.71. The number of hydrogen-bond acceptors (Lipinski definition) is 2. The van der Waals surface area contributed by atoms with Gasteiger partial charge < -0.3 is 4.90 Å². The van der Waals surface area contributed by atoms with E-state index in [9.17, 15) is 4.79 Å². The van der Waals surface area contributed by atoms with Gasteiger partial charge >= 0.3 is 0 Å². The van der Waals surface area contributed by atoms with Crippen LogP contribution in [0.5, 0.6) is 0 Å². The van der Waals surface area contributed by atoms with Crippen LogP contribution in [0.3, 0.4) is 0 Å². The fraction of sp³-hybridized carbons (Fsp3) is 0.296. The molecule has 1 aliphatic rings. The molecule has 0 saturated carbocycles. The maximum atomic E-state index is 14.1. The largest absolute Gasteiger partial charge is 0.303 e. The molecule has 4 rings (SSSR count). The second-order valence-electron chi connectivity index (χ2n) is 7.98. The van der Waals surface area contributed by atoms with Crippen LogP contribution < -0.4 is 0 Å². The number of nitrogens with zero attached hydrogens (tertiary/aromatic N) is 1. The number of ketones is 1. The first-order valence-electron chi connectivity index (χ1n) is 10.7. The summed E-state index contributed by atoms with van der Waals surface area (Å²) in [5, 5.41) is 0. The molecule has 1 aliphatic heterocycles. The molecule has 0 unspecified atom stereocenters. The van der Waals surface area contributed by atoms with E-state index >= 15 is 0 Å². The molecule has 1 heterocycles. The van der Waals surface area contributed by atoms with Gasteiger partial charge in [0.05, 0.1) is 5.41 Å². The first kappa shape index (κ1) is 19.6. The number of carbonyl (C=O) groups excluding carboxylic acids is 1. The van der Waals surface area contributed by atoms with Gasteiger partial charge in [-0.3, -0.25) is 4.79 Å². The van der Waals surface area contributed by atoms with Crippen LogP contribution in [-0.4, -0.2) is 30.3 Å². The molecule has 0 aromatic heterocycles. The summed E-state index contributed by atoms with van der Waals surface area (Å²) >= 11 is 0. The molecular formula is C27H29NO. The molecule has 0 aliphatic carbocycles. The Morgan fingerprint density at radius 2 is 1.17 bits per heavy atom. The SMILES string of the molecule is O=C(c1ccccc1)C(CCN1CCCCC1)(c1ccccc1)c1ccccc1. The van der Waals surface area contributed by atoms with Crippen LogP contribution in [0.4, 0.5) is 0 Å². The summed E-state index contributed by atoms with van der Waals surface area (Å²) in [6.45, 7) is 3.21. The first-order valence-corrected chi connectivity index (χ1v) is 10.7. The Balaban J connectivity index is 1.81. The molecule has 0 atom stereocenters. The van der Waals surface area contributed by atoms with Gasteiger partial charge in [-0.1, -0.05) is 97.4 Å². The number of Topliss-reactive ketones (excluding diaryl/α,β-unsaturated/α-hetero) is 1. The van der Waals surface area contributed by atoms with E-state index < -0.39 is 5.41 Å². The number of benzene rings is 3. The Morgan fingerprint density at radius 3 is 1.69 bits per heavy atom. The van der Waals surface area contributed by atoms with Crippen molar-refractivity contribution in [1.29, 1.82) is 0 Å². The average Bonchev–Trinajstić information content (AvgIpc) is 2.82. The molecule has 0 spiro atoms. The Labute approximate surface area is 174 Å². The third-order valence-corrected chi connectivity index (χ3v) is 6.21. The van der Waals surface area contributed by atoms with E-state index in [1.54, 1.807) is 0 Å². The highest BCUT2D eigenvalue weighted by molar-refractivity contribution is 6.06. The van der Waals surface area contributed by atoms with Crippen LogP contribution in [0.25, 0.3) is 0 Å². The van der Waals surface area contributed by atoms with E-state index in [0.717, 1.165) is 42.7 Å². The van der Waals surface area contributed by atoms with Gasteiger partial charge in [0.2, 0.25) is 0 Å². The van der Waals surface area contributed by atoms with E-state index in [2.05, 4.69) is 29.2 Å². The highest BCUT2D eigenvalue weighted by atomic mass is 16.1. The third kappa shape index (κ3) is 4.18. The van der Waals surface area contributed by atoms with Crippen LogP contribution in [0, 0.1) is 0 Å². The molecule has 3 aromatic carbocycles. The van der Waals surface area contributed by atoms with Crippen molar-refractivity contribution in [3.63, 3.8) is 0 Å². The van der Waals surface area contributed by atoms with Crippen LogP contribution in [-0.2, 0) is 5.41 Å². The molecule has 0 amide bonds. The van der Waals surface area contributed by atoms with E-state index in [1.165, 1.54) is 19.3 Å². The monoisotopic (exact) mass is 383 g/mol. The fourth-order valence-electron chi connectivity index (χ4n) is 4.62. The first-order chi connectivity index (χ1) is 14.3. The van der Waals surface area contributed by atoms with E-state index in [4.69, 9.17) is 0 Å². The summed E-state index contributed by atoms with van der Waals surface area (Å²) in [7, 11) is 0. The van der Waals surface area contributed by atoms with E-state index in [-0.39, 0.29) is 5.78 Å². The number of likely N-dealkylation sites (tertiary alicyclic amines) is 1. The molecule has 0 N–H and O–H groups in total. The Kier molecular flexibility index (Phi) is 6.21. The minimum Gasteiger partial charge on any atom is -0.303 e. The highest BCUT2D eigenvalue weighted by Gasteiger charge is 2.42. The Morgan fingerprint density at radius 1 is 0.690 bits per heavy atom. The lowest BCUT2D eigenvalue weighted by atomic mass is 9.67. The molecule has 2 heteroatoms. The number of piperidine rings is 1. The smallest absolute Gasteiger partial charge is 0.177 e. The number of rotatable bonds is 7. The topological polar surface area (TPSA) is 20.3 Å². The van der Waals surface area contributed by atoms with Crippen LogP contribution >= 0.6 is 0 Å². The lowest BCUT2D eigenvalue weighted by molar-refractivity contribution is 0.0889. The van der Waals surface area contributed by atoms with Crippen molar-refractivity contribution in [1.82, 2.24) is 4.90 Å². The van der Waals surface area contributed by atoms with E-state index in [1.807, 2.05) is 66.7 Å². The Bertz CT molecular complexity index is 860. The highest BCUT2D eigenvalue weighted by Crippen LogP contribution is 2.39. The van der Waals surface area contributed by atoms with Crippen molar-refractivity contribution in [2.75, 3.05) is 19.6 Å². The molecule has 2 nitrogen and oxygen atoms in total. The van der Waals surface area contributed by atoms with E-state index in [0.29, 0.717) is 0 Å². The predicted octanol–water partition coefficient (Wildman–Crippen LogP) is 5.73. The number of hydrogen-bond donors (Lipinski definition) is 0. The zero-order chi connectivity index (χ0) is 19.9. The predicted molar refractivity (Wildman–Crippen MR) is 119 cm³/mol. The standard InChI is InChI=1S/C27H29NO/c29-26(23-13-5-1-6-14-23)27(24-15-7-2-8-16-24,25-17-9-3-10-18-25)19-22-28-20-11-4-12-21-28/h1-3,5-10,13-18H,4,11-12,19-22H2. The zero-order valence-corrected chi connectivity index (χ0v) is 17.0. The molecule has 148 valence electrons. The van der Waals surface area contributed by atoms with Crippen molar-refractivity contribution in [3.8, 4) is 0 Å². The molecule has 0 radical (unpaired) electrons. The van der Waals surface area contributed by atoms with Gasteiger partial charge in [-0.15, -0.1) is 0 Å². The van der Waals surface area contributed by atoms with Crippen LogP contribution in [0.1, 0.15) is 47.2 Å². The molecular weight excluding hydrogens is 354 g/mol. The third-order valence-electron chi connectivity index (χ3n) is 6.21. The van der Waals surface area contributed by atoms with Gasteiger partial charge in [0.15, 0.2) is 5.78 Å². The second kappa shape index (κ2) is 9.19. The maximum absolute atomic E-state index is 14.1. The van der Waals surface area contributed by atoms with Gasteiger partial charge in [-0.05, 0) is 50.0 Å². The minimum atomic E-state index is -0.679. The molecule has 0 bridgehead atoms. The van der Waals surface area contributed by atoms with Crippen molar-refractivity contribution in [3.05, 3.63) is 108 Å². The second-order valence-corrected chi connectivity index (χ2v) is 7.98. The van der Waals surface area contributed by atoms with Gasteiger partial charge in [-0.2, -0.15) is 0 Å². The van der Waals surface area contributed by atoms with Crippen molar-refractivity contribution >= 4 is 5.78 Å². The summed E-state index contributed by atoms with van der Waals surface area (Å²) in [5.74, 6) is 0.188. The lowest BCUT2D eigenvalue weighted by Gasteiger charge is -2.37. The summed E-state index contributed by atoms with van der Waals surface area (Å²) in [6, 6.07) is 30.5. The summed E-state index contributed by atoms with van der Waals surface area (Å²) in [5.41, 5.74) is 2.26. The van der Waals surface area contributed by atoms with Crippen LogP contribution in [0.15, 0.2) is 91.0 Å². The van der Waals surface area contributed by atoms with Gasteiger partial charge in [0.1, 0.15) is 0 Å². The zero-order valence-electron chi connectivity index (χ0n) is 17.0. The summed E-state index contributed by atoms with van der Waals surface area (Å²) in [6.07, 6.45) is 4.63. The fourth-order valence-corrected chi connectivity index (χ4v) is 4.62. The average molecular weight is 384 g/mol. The van der Waals surface area contributed by atoms with Gasteiger partial charge in [0, 0.05) is 5.56 Å². The van der Waals surface area contributed by atoms with Crippen molar-refractivity contribution in [2.45, 2.75) is 31.1 Å². The maximum Gasteiger partial charge on any atom is 0.177 e. The van der Waals surface area contributed by atoms with Crippen molar-refractivity contribution in [2.24, 2.45) is 0 Å². The summed E-state index contributed by atoms with van der Waals surface area (Å²) < 4.78 is 0. The molecule has 1 fully saturated rings. The van der Waals surface area contributed by atoms with Gasteiger partial charge in [-0.25, -0.2) is 0 Å². The molecule has 3 aromatic rings. The molecule has 1 saturated heterocycles. The van der Waals surface area contributed by atoms with Crippen molar-refractivity contribution < 1.29 is 4.79 Å². The number of carbonyl (C=O) groups is 1. The van der Waals surface area contributed by atoms with Gasteiger partial charge in [0.25, 0.3) is 0 Å².